The van der Waals surface area contributed by atoms with Gasteiger partial charge in [-0.15, -0.1) is 12.4 Å². The molecule has 0 bridgehead atoms. The van der Waals surface area contributed by atoms with E-state index in [2.05, 4.69) is 5.32 Å². The molecule has 4 nitrogen and oxygen atoms in total. The standard InChI is InChI=1S/C14H19ClN2O2.ClH/c15-11-4-2-5-12(7-11)19-9-14(18)17-13-6-1-3-10(13)8-16;/h2,4-5,7,10,13H,1,3,6,8-9,16H2,(H,17,18);1H. The van der Waals surface area contributed by atoms with Crippen LogP contribution < -0.4 is 15.8 Å². The Hall–Kier alpha value is -0.970. The van der Waals surface area contributed by atoms with Gasteiger partial charge in [0.05, 0.1) is 0 Å². The third kappa shape index (κ3) is 4.85. The van der Waals surface area contributed by atoms with Crippen LogP contribution in [0.25, 0.3) is 0 Å². The minimum atomic E-state index is -0.106. The number of carbonyl (C=O) groups excluding carboxylic acids is 1. The van der Waals surface area contributed by atoms with Gasteiger partial charge < -0.3 is 15.8 Å². The molecule has 0 heterocycles. The average molecular weight is 319 g/mol. The van der Waals surface area contributed by atoms with E-state index < -0.39 is 0 Å². The lowest BCUT2D eigenvalue weighted by Crippen LogP contribution is -2.42. The molecule has 2 rings (SSSR count). The highest BCUT2D eigenvalue weighted by Crippen LogP contribution is 2.24. The summed E-state index contributed by atoms with van der Waals surface area (Å²) in [6.07, 6.45) is 3.23. The van der Waals surface area contributed by atoms with Gasteiger partial charge in [-0.2, -0.15) is 0 Å². The molecule has 1 aromatic carbocycles. The number of nitrogens with one attached hydrogen (secondary N) is 1. The second-order valence-electron chi connectivity index (χ2n) is 4.85. The van der Waals surface area contributed by atoms with Crippen molar-refractivity contribution in [3.8, 4) is 5.75 Å². The fourth-order valence-electron chi connectivity index (χ4n) is 2.46. The zero-order chi connectivity index (χ0) is 13.7. The van der Waals surface area contributed by atoms with Crippen molar-refractivity contribution >= 4 is 29.9 Å². The number of hydrogen-bond donors (Lipinski definition) is 2. The molecule has 1 saturated carbocycles. The van der Waals surface area contributed by atoms with Crippen LogP contribution in [0.2, 0.25) is 5.02 Å². The van der Waals surface area contributed by atoms with Crippen LogP contribution in [-0.4, -0.2) is 25.1 Å². The molecule has 20 heavy (non-hydrogen) atoms. The molecule has 1 amide bonds. The highest BCUT2D eigenvalue weighted by molar-refractivity contribution is 6.30. The van der Waals surface area contributed by atoms with Crippen molar-refractivity contribution in [2.24, 2.45) is 11.7 Å². The number of rotatable bonds is 5. The Kier molecular flexibility index (Phi) is 7.13. The van der Waals surface area contributed by atoms with Gasteiger partial charge in [0, 0.05) is 11.1 Å². The van der Waals surface area contributed by atoms with Gasteiger partial charge in [-0.3, -0.25) is 4.79 Å². The van der Waals surface area contributed by atoms with Gasteiger partial charge >= 0.3 is 0 Å². The molecule has 2 atom stereocenters. The van der Waals surface area contributed by atoms with Crippen molar-refractivity contribution in [3.05, 3.63) is 29.3 Å². The predicted octanol–water partition coefficient (Wildman–Crippen LogP) is 2.38. The van der Waals surface area contributed by atoms with E-state index in [0.29, 0.717) is 23.2 Å². The Morgan fingerprint density at radius 2 is 2.25 bits per heavy atom. The smallest absolute Gasteiger partial charge is 0.258 e. The summed E-state index contributed by atoms with van der Waals surface area (Å²) in [5, 5.41) is 3.58. The third-order valence-corrected chi connectivity index (χ3v) is 3.71. The van der Waals surface area contributed by atoms with E-state index >= 15 is 0 Å². The first-order chi connectivity index (χ1) is 9.19. The van der Waals surface area contributed by atoms with Gasteiger partial charge in [0.2, 0.25) is 0 Å². The van der Waals surface area contributed by atoms with Crippen LogP contribution in [-0.2, 0) is 4.79 Å². The van der Waals surface area contributed by atoms with Crippen LogP contribution in [0.5, 0.6) is 5.75 Å². The summed E-state index contributed by atoms with van der Waals surface area (Å²) in [4.78, 5) is 11.8. The SMILES string of the molecule is Cl.NCC1CCCC1NC(=O)COc1cccc(Cl)c1. The maximum Gasteiger partial charge on any atom is 0.258 e. The molecule has 0 spiro atoms. The minimum absolute atomic E-state index is 0. The van der Waals surface area contributed by atoms with Gasteiger partial charge in [-0.25, -0.2) is 0 Å². The average Bonchev–Trinajstić information content (AvgIpc) is 2.84. The third-order valence-electron chi connectivity index (χ3n) is 3.47. The van der Waals surface area contributed by atoms with Gasteiger partial charge in [-0.1, -0.05) is 24.1 Å². The predicted molar refractivity (Wildman–Crippen MR) is 82.5 cm³/mol. The number of benzene rings is 1. The highest BCUT2D eigenvalue weighted by atomic mass is 35.5. The Morgan fingerprint density at radius 1 is 1.45 bits per heavy atom. The normalized spacial score (nSPS) is 21.1. The van der Waals surface area contributed by atoms with Crippen molar-refractivity contribution in [3.63, 3.8) is 0 Å². The van der Waals surface area contributed by atoms with E-state index in [1.807, 2.05) is 0 Å². The Bertz CT molecular complexity index is 443. The summed E-state index contributed by atoms with van der Waals surface area (Å²) < 4.78 is 5.40. The van der Waals surface area contributed by atoms with E-state index in [0.717, 1.165) is 19.3 Å². The van der Waals surface area contributed by atoms with Gasteiger partial charge in [-0.05, 0) is 43.5 Å². The Morgan fingerprint density at radius 3 is 2.95 bits per heavy atom. The quantitative estimate of drug-likeness (QED) is 0.876. The lowest BCUT2D eigenvalue weighted by Gasteiger charge is -2.19. The zero-order valence-corrected chi connectivity index (χ0v) is 12.8. The lowest BCUT2D eigenvalue weighted by atomic mass is 10.0. The summed E-state index contributed by atoms with van der Waals surface area (Å²) in [5.74, 6) is 0.893. The number of carbonyl (C=O) groups is 1. The first-order valence-electron chi connectivity index (χ1n) is 6.57. The maximum absolute atomic E-state index is 11.8. The molecule has 1 aromatic rings. The second kappa shape index (κ2) is 8.35. The van der Waals surface area contributed by atoms with Gasteiger partial charge in [0.15, 0.2) is 6.61 Å². The van der Waals surface area contributed by atoms with E-state index in [9.17, 15) is 4.79 Å². The number of hydrogen-bond acceptors (Lipinski definition) is 3. The van der Waals surface area contributed by atoms with Crippen LogP contribution in [0.3, 0.4) is 0 Å². The maximum atomic E-state index is 11.8. The van der Waals surface area contributed by atoms with Crippen LogP contribution in [0, 0.1) is 5.92 Å². The second-order valence-corrected chi connectivity index (χ2v) is 5.28. The topological polar surface area (TPSA) is 64.3 Å². The van der Waals surface area contributed by atoms with Crippen molar-refractivity contribution in [1.29, 1.82) is 0 Å². The number of ether oxygens (including phenoxy) is 1. The van der Waals surface area contributed by atoms with Crippen LogP contribution >= 0.6 is 24.0 Å². The molecule has 0 aromatic heterocycles. The highest BCUT2D eigenvalue weighted by Gasteiger charge is 2.27. The molecule has 6 heteroatoms. The summed E-state index contributed by atoms with van der Waals surface area (Å²) in [6.45, 7) is 0.633. The first-order valence-corrected chi connectivity index (χ1v) is 6.94. The van der Waals surface area contributed by atoms with Crippen LogP contribution in [0.1, 0.15) is 19.3 Å². The monoisotopic (exact) mass is 318 g/mol. The Labute approximate surface area is 130 Å². The molecule has 1 fully saturated rings. The molecule has 0 aliphatic heterocycles. The summed E-state index contributed by atoms with van der Waals surface area (Å²) in [5.41, 5.74) is 5.68. The molecule has 2 unspecified atom stereocenters. The van der Waals surface area contributed by atoms with Crippen molar-refractivity contribution in [1.82, 2.24) is 5.32 Å². The van der Waals surface area contributed by atoms with E-state index in [1.54, 1.807) is 24.3 Å². The van der Waals surface area contributed by atoms with Crippen molar-refractivity contribution in [2.45, 2.75) is 25.3 Å². The molecule has 0 radical (unpaired) electrons. The molecule has 1 aliphatic carbocycles. The van der Waals surface area contributed by atoms with E-state index in [4.69, 9.17) is 22.1 Å². The molecular formula is C14H20Cl2N2O2. The lowest BCUT2D eigenvalue weighted by molar-refractivity contribution is -0.124. The molecular weight excluding hydrogens is 299 g/mol. The molecule has 112 valence electrons. The van der Waals surface area contributed by atoms with Crippen LogP contribution in [0.4, 0.5) is 0 Å². The summed E-state index contributed by atoms with van der Waals surface area (Å²) in [6, 6.07) is 7.21. The molecule has 0 saturated heterocycles. The fraction of sp³-hybridized carbons (Fsp3) is 0.500. The largest absolute Gasteiger partial charge is 0.484 e. The molecule has 1 aliphatic rings. The van der Waals surface area contributed by atoms with E-state index in [1.165, 1.54) is 0 Å². The summed E-state index contributed by atoms with van der Waals surface area (Å²) >= 11 is 5.84. The van der Waals surface area contributed by atoms with Crippen LogP contribution in [0.15, 0.2) is 24.3 Å². The van der Waals surface area contributed by atoms with Crippen molar-refractivity contribution < 1.29 is 9.53 Å². The van der Waals surface area contributed by atoms with E-state index in [-0.39, 0.29) is 31.0 Å². The fourth-order valence-corrected chi connectivity index (χ4v) is 2.64. The van der Waals surface area contributed by atoms with Gasteiger partial charge in [0.25, 0.3) is 5.91 Å². The zero-order valence-electron chi connectivity index (χ0n) is 11.2. The molecule has 3 N–H and O–H groups in total. The number of halogens is 2. The Balaban J connectivity index is 0.00000200. The number of nitrogens with two attached hydrogens (primary N) is 1. The van der Waals surface area contributed by atoms with Crippen molar-refractivity contribution in [2.75, 3.05) is 13.2 Å². The summed E-state index contributed by atoms with van der Waals surface area (Å²) in [7, 11) is 0. The minimum Gasteiger partial charge on any atom is -0.484 e. The van der Waals surface area contributed by atoms with Gasteiger partial charge in [0.1, 0.15) is 5.75 Å². The first kappa shape index (κ1) is 17.1. The number of amides is 1.